The molecular weight excluding hydrogens is 226 g/mol. The molecule has 102 valence electrons. The lowest BCUT2D eigenvalue weighted by Crippen LogP contribution is -2.41. The second kappa shape index (κ2) is 6.76. The third-order valence-corrected chi connectivity index (χ3v) is 3.17. The first-order valence-corrected chi connectivity index (χ1v) is 6.48. The SMILES string of the molecule is COc1ccc(C)cc1CCNC(C)(C)CCO. The van der Waals surface area contributed by atoms with E-state index in [-0.39, 0.29) is 12.1 Å². The number of ether oxygens (including phenoxy) is 1. The van der Waals surface area contributed by atoms with Crippen molar-refractivity contribution in [3.63, 3.8) is 0 Å². The summed E-state index contributed by atoms with van der Waals surface area (Å²) in [4.78, 5) is 0. The van der Waals surface area contributed by atoms with Crippen molar-refractivity contribution in [3.8, 4) is 5.75 Å². The monoisotopic (exact) mass is 251 g/mol. The molecule has 0 aromatic heterocycles. The first-order chi connectivity index (χ1) is 8.48. The van der Waals surface area contributed by atoms with Crippen LogP contribution in [0.4, 0.5) is 0 Å². The molecule has 0 saturated carbocycles. The van der Waals surface area contributed by atoms with Crippen LogP contribution in [0.1, 0.15) is 31.4 Å². The van der Waals surface area contributed by atoms with Gasteiger partial charge in [0, 0.05) is 12.1 Å². The average Bonchev–Trinajstić information content (AvgIpc) is 2.29. The van der Waals surface area contributed by atoms with Crippen LogP contribution < -0.4 is 10.1 Å². The average molecular weight is 251 g/mol. The summed E-state index contributed by atoms with van der Waals surface area (Å²) in [5.74, 6) is 0.947. The van der Waals surface area contributed by atoms with Gasteiger partial charge in [0.15, 0.2) is 0 Å². The van der Waals surface area contributed by atoms with Crippen molar-refractivity contribution in [2.24, 2.45) is 0 Å². The summed E-state index contributed by atoms with van der Waals surface area (Å²) in [5.41, 5.74) is 2.46. The number of aliphatic hydroxyl groups is 1. The quantitative estimate of drug-likeness (QED) is 0.781. The van der Waals surface area contributed by atoms with Crippen LogP contribution in [0.2, 0.25) is 0 Å². The van der Waals surface area contributed by atoms with Gasteiger partial charge in [0.25, 0.3) is 0 Å². The van der Waals surface area contributed by atoms with E-state index < -0.39 is 0 Å². The Morgan fingerprint density at radius 2 is 2.06 bits per heavy atom. The van der Waals surface area contributed by atoms with Gasteiger partial charge < -0.3 is 15.2 Å². The van der Waals surface area contributed by atoms with E-state index >= 15 is 0 Å². The molecule has 18 heavy (non-hydrogen) atoms. The number of hydrogen-bond donors (Lipinski definition) is 2. The van der Waals surface area contributed by atoms with Crippen molar-refractivity contribution >= 4 is 0 Å². The van der Waals surface area contributed by atoms with Crippen LogP contribution in [0.5, 0.6) is 5.75 Å². The number of aliphatic hydroxyl groups excluding tert-OH is 1. The minimum absolute atomic E-state index is 0.0220. The molecule has 3 nitrogen and oxygen atoms in total. The van der Waals surface area contributed by atoms with E-state index in [1.165, 1.54) is 11.1 Å². The van der Waals surface area contributed by atoms with Crippen molar-refractivity contribution in [1.29, 1.82) is 0 Å². The molecule has 0 unspecified atom stereocenters. The zero-order valence-electron chi connectivity index (χ0n) is 11.9. The number of methoxy groups -OCH3 is 1. The highest BCUT2D eigenvalue weighted by Crippen LogP contribution is 2.20. The predicted molar refractivity (Wildman–Crippen MR) is 75.2 cm³/mol. The minimum atomic E-state index is -0.0220. The Balaban J connectivity index is 2.55. The zero-order valence-corrected chi connectivity index (χ0v) is 11.9. The van der Waals surface area contributed by atoms with Crippen LogP contribution in [-0.4, -0.2) is 30.9 Å². The molecule has 3 heteroatoms. The topological polar surface area (TPSA) is 41.5 Å². The largest absolute Gasteiger partial charge is 0.496 e. The van der Waals surface area contributed by atoms with Gasteiger partial charge in [-0.1, -0.05) is 17.7 Å². The fourth-order valence-electron chi connectivity index (χ4n) is 2.01. The molecule has 2 N–H and O–H groups in total. The van der Waals surface area contributed by atoms with E-state index in [2.05, 4.69) is 38.2 Å². The molecule has 0 amide bonds. The second-order valence-corrected chi connectivity index (χ2v) is 5.35. The van der Waals surface area contributed by atoms with Crippen molar-refractivity contribution in [3.05, 3.63) is 29.3 Å². The first kappa shape index (κ1) is 15.0. The van der Waals surface area contributed by atoms with Crippen LogP contribution in [0.25, 0.3) is 0 Å². The molecule has 1 aromatic rings. The molecule has 0 aliphatic heterocycles. The van der Waals surface area contributed by atoms with Crippen molar-refractivity contribution < 1.29 is 9.84 Å². The number of hydrogen-bond acceptors (Lipinski definition) is 3. The third-order valence-electron chi connectivity index (χ3n) is 3.17. The molecule has 0 fully saturated rings. The van der Waals surface area contributed by atoms with E-state index in [9.17, 15) is 0 Å². The normalized spacial score (nSPS) is 11.6. The number of aryl methyl sites for hydroxylation is 1. The van der Waals surface area contributed by atoms with E-state index in [1.807, 2.05) is 6.07 Å². The molecule has 0 atom stereocenters. The van der Waals surface area contributed by atoms with Gasteiger partial charge in [-0.25, -0.2) is 0 Å². The summed E-state index contributed by atoms with van der Waals surface area (Å²) in [6.45, 7) is 7.40. The number of rotatable bonds is 7. The second-order valence-electron chi connectivity index (χ2n) is 5.35. The number of nitrogens with one attached hydrogen (secondary N) is 1. The Hall–Kier alpha value is -1.06. The summed E-state index contributed by atoms with van der Waals surface area (Å²) in [7, 11) is 1.71. The molecule has 1 rings (SSSR count). The van der Waals surface area contributed by atoms with Crippen LogP contribution in [0, 0.1) is 6.92 Å². The summed E-state index contributed by atoms with van der Waals surface area (Å²) in [5, 5.41) is 12.4. The van der Waals surface area contributed by atoms with Gasteiger partial charge in [0.2, 0.25) is 0 Å². The lowest BCUT2D eigenvalue weighted by Gasteiger charge is -2.25. The summed E-state index contributed by atoms with van der Waals surface area (Å²) in [6, 6.07) is 6.24. The van der Waals surface area contributed by atoms with Gasteiger partial charge in [-0.05, 0) is 51.8 Å². The summed E-state index contributed by atoms with van der Waals surface area (Å²) in [6.07, 6.45) is 1.69. The third kappa shape index (κ3) is 4.67. The van der Waals surface area contributed by atoms with Crippen LogP contribution >= 0.6 is 0 Å². The lowest BCUT2D eigenvalue weighted by molar-refractivity contribution is 0.231. The predicted octanol–water partition coefficient (Wildman–Crippen LogP) is 2.30. The van der Waals surface area contributed by atoms with Crippen LogP contribution in [0.3, 0.4) is 0 Å². The molecule has 0 bridgehead atoms. The molecule has 0 spiro atoms. The van der Waals surface area contributed by atoms with Crippen molar-refractivity contribution in [1.82, 2.24) is 5.32 Å². The molecule has 0 aliphatic rings. The molecule has 1 aromatic carbocycles. The maximum atomic E-state index is 8.98. The first-order valence-electron chi connectivity index (χ1n) is 6.48. The highest BCUT2D eigenvalue weighted by Gasteiger charge is 2.15. The van der Waals surface area contributed by atoms with Gasteiger partial charge in [-0.3, -0.25) is 0 Å². The zero-order chi connectivity index (χ0) is 13.6. The van der Waals surface area contributed by atoms with E-state index in [0.29, 0.717) is 0 Å². The van der Waals surface area contributed by atoms with E-state index in [0.717, 1.165) is 25.1 Å². The minimum Gasteiger partial charge on any atom is -0.496 e. The highest BCUT2D eigenvalue weighted by atomic mass is 16.5. The maximum absolute atomic E-state index is 8.98. The van der Waals surface area contributed by atoms with Gasteiger partial charge >= 0.3 is 0 Å². The van der Waals surface area contributed by atoms with Gasteiger partial charge in [0.1, 0.15) is 5.75 Å². The van der Waals surface area contributed by atoms with Crippen LogP contribution in [-0.2, 0) is 6.42 Å². The molecule has 0 heterocycles. The Morgan fingerprint density at radius 1 is 1.33 bits per heavy atom. The molecule has 0 saturated heterocycles. The fraction of sp³-hybridized carbons (Fsp3) is 0.600. The van der Waals surface area contributed by atoms with Crippen molar-refractivity contribution in [2.45, 2.75) is 39.2 Å². The number of benzene rings is 1. The van der Waals surface area contributed by atoms with Crippen molar-refractivity contribution in [2.75, 3.05) is 20.3 Å². The Morgan fingerprint density at radius 3 is 2.67 bits per heavy atom. The molecular formula is C15H25NO2. The lowest BCUT2D eigenvalue weighted by atomic mass is 10.0. The van der Waals surface area contributed by atoms with Gasteiger partial charge in [-0.2, -0.15) is 0 Å². The highest BCUT2D eigenvalue weighted by molar-refractivity contribution is 5.37. The van der Waals surface area contributed by atoms with Gasteiger partial charge in [0.05, 0.1) is 7.11 Å². The Kier molecular flexibility index (Phi) is 5.63. The smallest absolute Gasteiger partial charge is 0.122 e. The Labute approximate surface area is 110 Å². The summed E-state index contributed by atoms with van der Waals surface area (Å²) >= 11 is 0. The van der Waals surface area contributed by atoms with Crippen LogP contribution in [0.15, 0.2) is 18.2 Å². The van der Waals surface area contributed by atoms with E-state index in [1.54, 1.807) is 7.11 Å². The standard InChI is InChI=1S/C15H25NO2/c1-12-5-6-14(18-4)13(11-12)7-9-16-15(2,3)8-10-17/h5-6,11,16-17H,7-10H2,1-4H3. The fourth-order valence-corrected chi connectivity index (χ4v) is 2.01. The maximum Gasteiger partial charge on any atom is 0.122 e. The Bertz CT molecular complexity index is 375. The molecule has 0 radical (unpaired) electrons. The summed E-state index contributed by atoms with van der Waals surface area (Å²) < 4.78 is 5.36. The van der Waals surface area contributed by atoms with E-state index in [4.69, 9.17) is 9.84 Å². The molecule has 0 aliphatic carbocycles. The van der Waals surface area contributed by atoms with Gasteiger partial charge in [-0.15, -0.1) is 0 Å².